The molecule has 1 unspecified atom stereocenters. The van der Waals surface area contributed by atoms with Gasteiger partial charge >= 0.3 is 0 Å². The van der Waals surface area contributed by atoms with Crippen molar-refractivity contribution in [3.05, 3.63) is 69.7 Å². The van der Waals surface area contributed by atoms with Gasteiger partial charge in [-0.05, 0) is 48.4 Å². The van der Waals surface area contributed by atoms with Gasteiger partial charge in [-0.2, -0.15) is 4.31 Å². The number of rotatable bonds is 7. The number of morpholine rings is 1. The first-order valence-corrected chi connectivity index (χ1v) is 13.3. The van der Waals surface area contributed by atoms with E-state index in [1.165, 1.54) is 33.5 Å². The fraction of sp³-hybridized carbons (Fsp3) is 0.333. The molecule has 35 heavy (non-hydrogen) atoms. The fourth-order valence-corrected chi connectivity index (χ4v) is 6.08. The minimum Gasteiger partial charge on any atom is -0.507 e. The summed E-state index contributed by atoms with van der Waals surface area (Å²) in [6.07, 6.45) is 0.270. The summed E-state index contributed by atoms with van der Waals surface area (Å²) in [5.41, 5.74) is 0.741. The van der Waals surface area contributed by atoms with E-state index in [9.17, 15) is 28.2 Å². The van der Waals surface area contributed by atoms with Crippen LogP contribution in [0.4, 0.5) is 0 Å². The van der Waals surface area contributed by atoms with Crippen molar-refractivity contribution in [2.45, 2.75) is 17.4 Å². The Kier molecular flexibility index (Phi) is 7.72. The molecule has 0 aromatic heterocycles. The van der Waals surface area contributed by atoms with Gasteiger partial charge in [-0.1, -0.05) is 28.1 Å². The zero-order valence-electron chi connectivity index (χ0n) is 18.8. The van der Waals surface area contributed by atoms with E-state index in [0.29, 0.717) is 18.8 Å². The van der Waals surface area contributed by atoms with Crippen LogP contribution in [0.15, 0.2) is 63.5 Å². The summed E-state index contributed by atoms with van der Waals surface area (Å²) in [7, 11) is -3.72. The molecule has 2 aliphatic heterocycles. The molecule has 2 fully saturated rings. The highest BCUT2D eigenvalue weighted by Crippen LogP contribution is 2.40. The molecule has 1 atom stereocenters. The molecule has 0 bridgehead atoms. The number of carbonyl (C=O) groups excluding carboxylic acids is 2. The Bertz CT molecular complexity index is 1250. The van der Waals surface area contributed by atoms with Crippen molar-refractivity contribution in [1.82, 2.24) is 9.21 Å². The number of amides is 1. The highest BCUT2D eigenvalue weighted by Gasteiger charge is 2.45. The highest BCUT2D eigenvalue weighted by molar-refractivity contribution is 9.10. The molecule has 9 nitrogen and oxygen atoms in total. The maximum atomic E-state index is 13.0. The summed E-state index contributed by atoms with van der Waals surface area (Å²) in [4.78, 5) is 27.2. The molecule has 186 valence electrons. The quantitative estimate of drug-likeness (QED) is 0.300. The summed E-state index contributed by atoms with van der Waals surface area (Å²) in [5.74, 6) is -2.00. The smallest absolute Gasteiger partial charge is 0.295 e. The topological polar surface area (TPSA) is 124 Å². The van der Waals surface area contributed by atoms with Crippen molar-refractivity contribution >= 4 is 43.4 Å². The van der Waals surface area contributed by atoms with Crippen LogP contribution >= 0.6 is 15.9 Å². The number of halogens is 1. The van der Waals surface area contributed by atoms with Gasteiger partial charge in [0.05, 0.1) is 29.7 Å². The summed E-state index contributed by atoms with van der Waals surface area (Å²) in [6.45, 7) is 1.13. The minimum absolute atomic E-state index is 0.0582. The van der Waals surface area contributed by atoms with Crippen molar-refractivity contribution in [2.75, 3.05) is 39.5 Å². The molecule has 0 aliphatic carbocycles. The second kappa shape index (κ2) is 10.6. The van der Waals surface area contributed by atoms with Crippen molar-refractivity contribution in [1.29, 1.82) is 0 Å². The Morgan fingerprint density at radius 3 is 2.40 bits per heavy atom. The van der Waals surface area contributed by atoms with Crippen LogP contribution in [0.5, 0.6) is 0 Å². The average molecular weight is 565 g/mol. The predicted octanol–water partition coefficient (Wildman–Crippen LogP) is 2.27. The highest BCUT2D eigenvalue weighted by atomic mass is 79.9. The Morgan fingerprint density at radius 1 is 1.09 bits per heavy atom. The lowest BCUT2D eigenvalue weighted by atomic mass is 9.95. The normalized spacial score (nSPS) is 21.0. The zero-order valence-corrected chi connectivity index (χ0v) is 21.2. The van der Waals surface area contributed by atoms with E-state index in [1.54, 1.807) is 24.3 Å². The number of Topliss-reactive ketones (excluding diaryl/α,β-unsaturated/α-hetero) is 1. The lowest BCUT2D eigenvalue weighted by molar-refractivity contribution is -0.140. The number of aliphatic hydroxyl groups is 2. The van der Waals surface area contributed by atoms with E-state index < -0.39 is 33.5 Å². The second-order valence-corrected chi connectivity index (χ2v) is 11.0. The third-order valence-corrected chi connectivity index (χ3v) is 8.40. The molecule has 2 heterocycles. The lowest BCUT2D eigenvalue weighted by Gasteiger charge is -2.26. The monoisotopic (exact) mass is 564 g/mol. The van der Waals surface area contributed by atoms with Crippen LogP contribution in [0.2, 0.25) is 0 Å². The molecular weight excluding hydrogens is 540 g/mol. The van der Waals surface area contributed by atoms with Crippen LogP contribution in [0.3, 0.4) is 0 Å². The van der Waals surface area contributed by atoms with Crippen molar-refractivity contribution < 1.29 is 33.0 Å². The molecule has 2 aromatic rings. The van der Waals surface area contributed by atoms with Gasteiger partial charge in [0.15, 0.2) is 0 Å². The fourth-order valence-electron chi connectivity index (χ4n) is 4.25. The first-order valence-electron chi connectivity index (χ1n) is 11.1. The van der Waals surface area contributed by atoms with E-state index in [1.807, 2.05) is 0 Å². The van der Waals surface area contributed by atoms with Gasteiger partial charge in [-0.15, -0.1) is 0 Å². The number of hydrogen-bond acceptors (Lipinski definition) is 7. The van der Waals surface area contributed by atoms with Gasteiger partial charge in [-0.3, -0.25) is 9.59 Å². The number of benzene rings is 2. The molecule has 0 radical (unpaired) electrons. The summed E-state index contributed by atoms with van der Waals surface area (Å²) in [6, 6.07) is 11.8. The number of nitrogens with zero attached hydrogens (tertiary/aromatic N) is 2. The maximum Gasteiger partial charge on any atom is 0.295 e. The molecule has 2 aliphatic rings. The number of hydrogen-bond donors (Lipinski definition) is 2. The maximum absolute atomic E-state index is 13.0. The van der Waals surface area contributed by atoms with Crippen molar-refractivity contribution in [2.24, 2.45) is 0 Å². The van der Waals surface area contributed by atoms with Crippen LogP contribution in [0.25, 0.3) is 5.76 Å². The Balaban J connectivity index is 1.74. The molecule has 0 spiro atoms. The third-order valence-electron chi connectivity index (χ3n) is 6.00. The van der Waals surface area contributed by atoms with Crippen molar-refractivity contribution in [3.63, 3.8) is 0 Å². The minimum atomic E-state index is -3.72. The van der Waals surface area contributed by atoms with Gasteiger partial charge in [0, 0.05) is 36.3 Å². The molecule has 2 saturated heterocycles. The number of ketones is 1. The molecule has 1 amide bonds. The van der Waals surface area contributed by atoms with Crippen molar-refractivity contribution in [3.8, 4) is 0 Å². The summed E-state index contributed by atoms with van der Waals surface area (Å²) in [5, 5.41) is 20.4. The largest absolute Gasteiger partial charge is 0.507 e. The number of ether oxygens (including phenoxy) is 1. The molecular formula is C24H25BrN2O7S. The van der Waals surface area contributed by atoms with Crippen LogP contribution in [-0.4, -0.2) is 79.0 Å². The molecule has 2 N–H and O–H groups in total. The lowest BCUT2D eigenvalue weighted by Crippen LogP contribution is -2.40. The number of carbonyl (C=O) groups is 2. The standard InChI is InChI=1S/C24H25BrN2O7S/c25-18-4-1-3-17(15-18)21-20(23(30)24(31)27(21)9-2-12-28)22(29)16-5-7-19(8-6-16)35(32,33)26-10-13-34-14-11-26/h1,3-8,15,21,28-29H,2,9-14H2/b22-20-. The third kappa shape index (κ3) is 5.05. The van der Waals surface area contributed by atoms with Crippen LogP contribution in [0, 0.1) is 0 Å². The summed E-state index contributed by atoms with van der Waals surface area (Å²) < 4.78 is 33.1. The number of sulfonamides is 1. The van der Waals surface area contributed by atoms with Crippen LogP contribution in [0.1, 0.15) is 23.6 Å². The van der Waals surface area contributed by atoms with Gasteiger partial charge < -0.3 is 19.8 Å². The SMILES string of the molecule is O=C1C(=O)N(CCCO)C(c2cccc(Br)c2)/C1=C(/O)c1ccc(S(=O)(=O)N2CCOCC2)cc1. The van der Waals surface area contributed by atoms with E-state index >= 15 is 0 Å². The molecule has 4 rings (SSSR count). The predicted molar refractivity (Wildman–Crippen MR) is 131 cm³/mol. The molecule has 2 aromatic carbocycles. The van der Waals surface area contributed by atoms with Gasteiger partial charge in [0.1, 0.15) is 5.76 Å². The van der Waals surface area contributed by atoms with Gasteiger partial charge in [0.25, 0.3) is 11.7 Å². The van der Waals surface area contributed by atoms with E-state index in [0.717, 1.165) is 4.47 Å². The van der Waals surface area contributed by atoms with Crippen LogP contribution < -0.4 is 0 Å². The van der Waals surface area contributed by atoms with Crippen LogP contribution in [-0.2, 0) is 24.3 Å². The molecule has 0 saturated carbocycles. The van der Waals surface area contributed by atoms with E-state index in [2.05, 4.69) is 15.9 Å². The first kappa shape index (κ1) is 25.5. The van der Waals surface area contributed by atoms with E-state index in [4.69, 9.17) is 4.74 Å². The van der Waals surface area contributed by atoms with Gasteiger partial charge in [-0.25, -0.2) is 8.42 Å². The Labute approximate surface area is 211 Å². The number of likely N-dealkylation sites (tertiary alicyclic amines) is 1. The zero-order chi connectivity index (χ0) is 25.2. The van der Waals surface area contributed by atoms with E-state index in [-0.39, 0.29) is 48.7 Å². The second-order valence-electron chi connectivity index (χ2n) is 8.17. The number of aliphatic hydroxyl groups excluding tert-OH is 2. The first-order chi connectivity index (χ1) is 16.8. The Morgan fingerprint density at radius 2 is 1.77 bits per heavy atom. The molecule has 11 heteroatoms. The summed E-state index contributed by atoms with van der Waals surface area (Å²) >= 11 is 3.40. The van der Waals surface area contributed by atoms with Gasteiger partial charge in [0.2, 0.25) is 10.0 Å². The Hall–Kier alpha value is -2.57. The average Bonchev–Trinajstić information content (AvgIpc) is 3.12.